The lowest BCUT2D eigenvalue weighted by atomic mass is 10.1. The van der Waals surface area contributed by atoms with Gasteiger partial charge in [0.05, 0.1) is 33.5 Å². The Morgan fingerprint density at radius 3 is 2.03 bits per heavy atom. The van der Waals surface area contributed by atoms with Gasteiger partial charge in [0.25, 0.3) is 10.1 Å². The number of fused-ring (bicyclic) bond motifs is 1. The third-order valence-corrected chi connectivity index (χ3v) is 7.36. The monoisotopic (exact) mass is 515 g/mol. The highest BCUT2D eigenvalue weighted by Gasteiger charge is 2.16. The van der Waals surface area contributed by atoms with Crippen LogP contribution in [0, 0.1) is 0 Å². The summed E-state index contributed by atoms with van der Waals surface area (Å²) in [6, 6.07) is 12.1. The molecule has 176 valence electrons. The highest BCUT2D eigenvalue weighted by molar-refractivity contribution is 7.91. The molecule has 0 aliphatic rings. The number of benzene rings is 3. The first-order valence-corrected chi connectivity index (χ1v) is 13.4. The van der Waals surface area contributed by atoms with E-state index in [9.17, 15) is 29.8 Å². The van der Waals surface area contributed by atoms with Crippen LogP contribution >= 0.6 is 0 Å². The van der Waals surface area contributed by atoms with E-state index in [-0.39, 0.29) is 15.5 Å². The molecule has 12 nitrogen and oxygen atoms in total. The molecule has 4 N–H and O–H groups in total. The molecule has 3 aromatic rings. The molecule has 0 aliphatic heterocycles. The quantitative estimate of drug-likeness (QED) is 0.227. The summed E-state index contributed by atoms with van der Waals surface area (Å²) in [5, 5.41) is 8.95. The van der Waals surface area contributed by atoms with Gasteiger partial charge in [0.15, 0.2) is 9.84 Å². The van der Waals surface area contributed by atoms with Gasteiger partial charge in [0.1, 0.15) is 0 Å². The van der Waals surface area contributed by atoms with E-state index in [4.69, 9.17) is 10.3 Å². The molecule has 3 rings (SSSR count). The summed E-state index contributed by atoms with van der Waals surface area (Å²) in [4.78, 5) is -0.439. The van der Waals surface area contributed by atoms with Gasteiger partial charge in [-0.2, -0.15) is 21.9 Å². The second-order valence-corrected chi connectivity index (χ2v) is 11.2. The van der Waals surface area contributed by atoms with Gasteiger partial charge in [-0.1, -0.05) is 6.07 Å². The van der Waals surface area contributed by atoms with Crippen molar-refractivity contribution in [3.05, 3.63) is 54.6 Å². The predicted octanol–water partition coefficient (Wildman–Crippen LogP) is 2.68. The fourth-order valence-corrected chi connectivity index (χ4v) is 4.78. The lowest BCUT2D eigenvalue weighted by Crippen LogP contribution is -2.15. The van der Waals surface area contributed by atoms with E-state index in [0.29, 0.717) is 22.1 Å². The van der Waals surface area contributed by atoms with Gasteiger partial charge in [-0.15, -0.1) is 5.11 Å². The molecule has 0 unspecified atom stereocenters. The molecule has 33 heavy (non-hydrogen) atoms. The summed E-state index contributed by atoms with van der Waals surface area (Å²) in [7, 11) is -13.0. The molecule has 0 saturated carbocycles. The summed E-state index contributed by atoms with van der Waals surface area (Å²) in [5.41, 5.74) is 6.81. The molecule has 0 aliphatic carbocycles. The highest BCUT2D eigenvalue weighted by Crippen LogP contribution is 2.33. The van der Waals surface area contributed by atoms with Crippen molar-refractivity contribution < 1.29 is 38.5 Å². The van der Waals surface area contributed by atoms with Gasteiger partial charge in [0, 0.05) is 16.5 Å². The Bertz CT molecular complexity index is 1550. The largest absolute Gasteiger partial charge is 0.398 e. The van der Waals surface area contributed by atoms with Crippen LogP contribution in [-0.2, 0) is 34.5 Å². The van der Waals surface area contributed by atoms with Gasteiger partial charge in [-0.25, -0.2) is 12.6 Å². The topological polar surface area (TPSA) is 203 Å². The van der Waals surface area contributed by atoms with Crippen LogP contribution in [0.2, 0.25) is 0 Å². The number of nitrogen functional groups attached to an aromatic ring is 1. The van der Waals surface area contributed by atoms with Crippen molar-refractivity contribution in [1.82, 2.24) is 0 Å². The Kier molecular flexibility index (Phi) is 6.83. The maximum absolute atomic E-state index is 12.2. The minimum Gasteiger partial charge on any atom is -0.398 e. The molecular formula is C18H17N3O9S3. The average molecular weight is 516 g/mol. The summed E-state index contributed by atoms with van der Waals surface area (Å²) in [5.74, 6) is -0.670. The van der Waals surface area contributed by atoms with Crippen molar-refractivity contribution >= 4 is 58.2 Å². The fraction of sp³-hybridized carbons (Fsp3) is 0.111. The van der Waals surface area contributed by atoms with E-state index in [2.05, 4.69) is 14.4 Å². The number of azo groups is 1. The lowest BCUT2D eigenvalue weighted by molar-refractivity contribution is 0.284. The van der Waals surface area contributed by atoms with Crippen molar-refractivity contribution in [2.45, 2.75) is 9.79 Å². The van der Waals surface area contributed by atoms with Crippen LogP contribution in [0.1, 0.15) is 0 Å². The van der Waals surface area contributed by atoms with Crippen LogP contribution in [0.4, 0.5) is 17.1 Å². The van der Waals surface area contributed by atoms with E-state index in [1.807, 2.05) is 0 Å². The molecule has 0 fully saturated rings. The average Bonchev–Trinajstić information content (AvgIpc) is 2.72. The van der Waals surface area contributed by atoms with Crippen LogP contribution in [-0.4, -0.2) is 46.7 Å². The van der Waals surface area contributed by atoms with Crippen molar-refractivity contribution in [3.8, 4) is 0 Å². The lowest BCUT2D eigenvalue weighted by Gasteiger charge is -2.07. The first-order chi connectivity index (χ1) is 15.3. The van der Waals surface area contributed by atoms with Crippen LogP contribution in [0.3, 0.4) is 0 Å². The van der Waals surface area contributed by atoms with E-state index in [0.717, 1.165) is 0 Å². The normalized spacial score (nSPS) is 13.0. The molecule has 0 spiro atoms. The van der Waals surface area contributed by atoms with E-state index >= 15 is 0 Å². The first-order valence-electron chi connectivity index (χ1n) is 8.92. The molecule has 3 aromatic carbocycles. The number of sulfone groups is 1. The molecular weight excluding hydrogens is 498 g/mol. The zero-order chi connectivity index (χ0) is 24.4. The minimum absolute atomic E-state index is 0.115. The van der Waals surface area contributed by atoms with Gasteiger partial charge in [-0.3, -0.25) is 9.11 Å². The Morgan fingerprint density at radius 1 is 0.788 bits per heavy atom. The molecule has 0 heterocycles. The van der Waals surface area contributed by atoms with E-state index < -0.39 is 42.7 Å². The first kappa shape index (κ1) is 24.7. The highest BCUT2D eigenvalue weighted by atomic mass is 32.3. The second kappa shape index (κ2) is 9.12. The number of hydrogen-bond acceptors (Lipinski definition) is 10. The van der Waals surface area contributed by atoms with Crippen molar-refractivity contribution in [2.75, 3.05) is 18.1 Å². The number of anilines is 1. The Balaban J connectivity index is 1.83. The zero-order valence-corrected chi connectivity index (χ0v) is 19.0. The predicted molar refractivity (Wildman–Crippen MR) is 118 cm³/mol. The van der Waals surface area contributed by atoms with Crippen molar-refractivity contribution in [1.29, 1.82) is 0 Å². The Hall–Kier alpha value is -2.95. The maximum Gasteiger partial charge on any atom is 0.397 e. The number of nitrogens with zero attached hydrogens (tertiary/aromatic N) is 2. The third kappa shape index (κ3) is 6.31. The van der Waals surface area contributed by atoms with Crippen molar-refractivity contribution in [2.24, 2.45) is 10.2 Å². The molecule has 0 radical (unpaired) electrons. The van der Waals surface area contributed by atoms with Crippen LogP contribution in [0.5, 0.6) is 0 Å². The summed E-state index contributed by atoms with van der Waals surface area (Å²) < 4.78 is 89.9. The third-order valence-electron chi connectivity index (χ3n) is 4.35. The maximum atomic E-state index is 12.2. The van der Waals surface area contributed by atoms with Gasteiger partial charge >= 0.3 is 10.4 Å². The molecule has 0 aromatic heterocycles. The van der Waals surface area contributed by atoms with E-state index in [1.54, 1.807) is 6.07 Å². The molecule has 0 saturated heterocycles. The number of nitrogens with two attached hydrogens (primary N) is 1. The van der Waals surface area contributed by atoms with Crippen LogP contribution in [0.15, 0.2) is 74.6 Å². The zero-order valence-electron chi connectivity index (χ0n) is 16.6. The van der Waals surface area contributed by atoms with Crippen LogP contribution in [0.25, 0.3) is 10.8 Å². The van der Waals surface area contributed by atoms with Crippen LogP contribution < -0.4 is 5.73 Å². The standard InChI is InChI=1S/C18H17N3O9S3/c19-17-7-8-18(15-6-5-14(11-16(15)17)32(24,25)26)21-20-12-1-3-13(4-2-12)31(22,23)10-9-30-33(27,28)29/h1-8,11H,9-10,19H2,(H,24,25,26)(H,27,28,29)/b21-20+. The van der Waals surface area contributed by atoms with Gasteiger partial charge < -0.3 is 5.73 Å². The molecule has 0 atom stereocenters. The summed E-state index contributed by atoms with van der Waals surface area (Å²) in [6.45, 7) is -0.744. The van der Waals surface area contributed by atoms with Gasteiger partial charge in [0.2, 0.25) is 0 Å². The molecule has 0 amide bonds. The van der Waals surface area contributed by atoms with Crippen molar-refractivity contribution in [3.63, 3.8) is 0 Å². The molecule has 0 bridgehead atoms. The summed E-state index contributed by atoms with van der Waals surface area (Å²) >= 11 is 0. The number of hydrogen-bond donors (Lipinski definition) is 3. The van der Waals surface area contributed by atoms with Gasteiger partial charge in [-0.05, 0) is 48.5 Å². The number of rotatable bonds is 8. The molecule has 15 heteroatoms. The van der Waals surface area contributed by atoms with E-state index in [1.165, 1.54) is 48.5 Å². The summed E-state index contributed by atoms with van der Waals surface area (Å²) in [6.07, 6.45) is 0. The smallest absolute Gasteiger partial charge is 0.397 e. The SMILES string of the molecule is Nc1ccc(/N=N/c2ccc(S(=O)(=O)CCOS(=O)(=O)O)cc2)c2ccc(S(=O)(=O)O)cc12. The Morgan fingerprint density at radius 2 is 1.42 bits per heavy atom. The fourth-order valence-electron chi connectivity index (χ4n) is 2.78. The Labute approximate surface area is 189 Å². The second-order valence-electron chi connectivity index (χ2n) is 6.62. The minimum atomic E-state index is -4.74.